The second-order valence-corrected chi connectivity index (χ2v) is 6.80. The van der Waals surface area contributed by atoms with Crippen molar-refractivity contribution < 1.29 is 14.3 Å². The molecule has 2 fully saturated rings. The molecule has 0 spiro atoms. The summed E-state index contributed by atoms with van der Waals surface area (Å²) in [6.45, 7) is 1.35. The van der Waals surface area contributed by atoms with Gasteiger partial charge in [-0.2, -0.15) is 0 Å². The van der Waals surface area contributed by atoms with Gasteiger partial charge in [0.25, 0.3) is 0 Å². The number of ether oxygens (including phenoxy) is 1. The standard InChI is InChI=1S/C24H24O3/c1-19(25)22(17-9-7-15-20-11-3-4-12-20)23(24(26)27-2)18-10-8-16-21-13-5-6-14-21/h20-21H,3-6,11-14H2,1-2H3/b23-22+. The van der Waals surface area contributed by atoms with Gasteiger partial charge >= 0.3 is 5.97 Å². The third-order valence-electron chi connectivity index (χ3n) is 4.75. The van der Waals surface area contributed by atoms with Gasteiger partial charge in [0.2, 0.25) is 0 Å². The number of rotatable bonds is 2. The summed E-state index contributed by atoms with van der Waals surface area (Å²) in [5.41, 5.74) is -0.0290. The highest BCUT2D eigenvalue weighted by Gasteiger charge is 2.16. The molecule has 0 radical (unpaired) electrons. The van der Waals surface area contributed by atoms with Crippen molar-refractivity contribution in [3.8, 4) is 47.4 Å². The summed E-state index contributed by atoms with van der Waals surface area (Å²) >= 11 is 0. The Labute approximate surface area is 162 Å². The van der Waals surface area contributed by atoms with Gasteiger partial charge < -0.3 is 4.74 Å². The fourth-order valence-electron chi connectivity index (χ4n) is 3.25. The molecule has 0 bridgehead atoms. The van der Waals surface area contributed by atoms with E-state index in [0.29, 0.717) is 11.8 Å². The third kappa shape index (κ3) is 6.74. The van der Waals surface area contributed by atoms with Gasteiger partial charge in [-0.15, -0.1) is 0 Å². The van der Waals surface area contributed by atoms with Gasteiger partial charge in [-0.05, 0) is 68.1 Å². The molecule has 3 heteroatoms. The van der Waals surface area contributed by atoms with Crippen LogP contribution in [0.2, 0.25) is 0 Å². The van der Waals surface area contributed by atoms with Gasteiger partial charge in [0.15, 0.2) is 5.78 Å². The molecule has 0 heterocycles. The lowest BCUT2D eigenvalue weighted by Crippen LogP contribution is -2.10. The largest absolute Gasteiger partial charge is 0.465 e. The van der Waals surface area contributed by atoms with E-state index < -0.39 is 5.97 Å². The van der Waals surface area contributed by atoms with Crippen LogP contribution in [0.15, 0.2) is 11.1 Å². The minimum Gasteiger partial charge on any atom is -0.465 e. The van der Waals surface area contributed by atoms with Gasteiger partial charge in [-0.3, -0.25) is 4.79 Å². The fraction of sp³-hybridized carbons (Fsp3) is 0.500. The summed E-state index contributed by atoms with van der Waals surface area (Å²) in [7, 11) is 1.25. The molecule has 2 aliphatic carbocycles. The maximum atomic E-state index is 12.1. The summed E-state index contributed by atoms with van der Waals surface area (Å²) in [5, 5.41) is 0. The lowest BCUT2D eigenvalue weighted by molar-refractivity contribution is -0.135. The molecule has 2 aliphatic rings. The molecule has 0 aromatic rings. The molecule has 138 valence electrons. The monoisotopic (exact) mass is 360 g/mol. The van der Waals surface area contributed by atoms with Gasteiger partial charge in [-0.1, -0.05) is 37.5 Å². The number of carbonyl (C=O) groups excluding carboxylic acids is 2. The minimum absolute atomic E-state index is 0.0257. The van der Waals surface area contributed by atoms with Crippen LogP contribution in [0.3, 0.4) is 0 Å². The summed E-state index contributed by atoms with van der Waals surface area (Å²) in [6, 6.07) is 0. The summed E-state index contributed by atoms with van der Waals surface area (Å²) < 4.78 is 4.76. The zero-order chi connectivity index (χ0) is 19.5. The van der Waals surface area contributed by atoms with E-state index in [9.17, 15) is 9.59 Å². The van der Waals surface area contributed by atoms with Gasteiger partial charge in [-0.25, -0.2) is 4.79 Å². The lowest BCUT2D eigenvalue weighted by Gasteiger charge is -2.00. The Bertz CT molecular complexity index is 848. The SMILES string of the molecule is COC(=O)/C(C#CC#CC1CCCC1)=C(\C#CC#CC1CCCC1)C(C)=O. The van der Waals surface area contributed by atoms with Crippen LogP contribution in [0.25, 0.3) is 0 Å². The molecule has 0 unspecified atom stereocenters. The lowest BCUT2D eigenvalue weighted by atomic mass is 10.1. The van der Waals surface area contributed by atoms with Crippen LogP contribution in [0.4, 0.5) is 0 Å². The van der Waals surface area contributed by atoms with Crippen LogP contribution in [0.5, 0.6) is 0 Å². The van der Waals surface area contributed by atoms with E-state index in [4.69, 9.17) is 4.74 Å². The summed E-state index contributed by atoms with van der Waals surface area (Å²) in [4.78, 5) is 24.0. The number of carbonyl (C=O) groups is 2. The van der Waals surface area contributed by atoms with E-state index in [1.807, 2.05) is 0 Å². The number of allylic oxidation sites excluding steroid dienone is 1. The Kier molecular flexibility index (Phi) is 8.30. The average molecular weight is 360 g/mol. The number of methoxy groups -OCH3 is 1. The normalized spacial score (nSPS) is 17.0. The first-order valence-electron chi connectivity index (χ1n) is 9.48. The van der Waals surface area contributed by atoms with E-state index in [0.717, 1.165) is 25.7 Å². The van der Waals surface area contributed by atoms with Gasteiger partial charge in [0.1, 0.15) is 5.57 Å². The van der Waals surface area contributed by atoms with E-state index in [1.54, 1.807) is 0 Å². The fourth-order valence-corrected chi connectivity index (χ4v) is 3.25. The average Bonchev–Trinajstić information content (AvgIpc) is 3.35. The molecule has 27 heavy (non-hydrogen) atoms. The number of hydrogen-bond acceptors (Lipinski definition) is 3. The Morgan fingerprint density at radius 1 is 0.741 bits per heavy atom. The van der Waals surface area contributed by atoms with Gasteiger partial charge in [0.05, 0.1) is 12.7 Å². The van der Waals surface area contributed by atoms with E-state index >= 15 is 0 Å². The van der Waals surface area contributed by atoms with Crippen molar-refractivity contribution in [3.05, 3.63) is 11.1 Å². The summed E-state index contributed by atoms with van der Waals surface area (Å²) in [6.07, 6.45) is 9.20. The molecule has 0 aromatic carbocycles. The van der Waals surface area contributed by atoms with Crippen molar-refractivity contribution in [2.75, 3.05) is 7.11 Å². The van der Waals surface area contributed by atoms with Crippen LogP contribution in [-0.2, 0) is 14.3 Å². The minimum atomic E-state index is -0.687. The van der Waals surface area contributed by atoms with Crippen LogP contribution < -0.4 is 0 Å². The molecule has 0 amide bonds. The number of hydrogen-bond donors (Lipinski definition) is 0. The summed E-state index contributed by atoms with van der Waals surface area (Å²) in [5.74, 6) is 22.3. The Balaban J connectivity index is 2.25. The predicted molar refractivity (Wildman–Crippen MR) is 105 cm³/mol. The smallest absolute Gasteiger partial charge is 0.347 e. The highest BCUT2D eigenvalue weighted by molar-refractivity contribution is 6.08. The highest BCUT2D eigenvalue weighted by atomic mass is 16.5. The second-order valence-electron chi connectivity index (χ2n) is 6.80. The van der Waals surface area contributed by atoms with Crippen molar-refractivity contribution in [2.45, 2.75) is 58.3 Å². The Morgan fingerprint density at radius 2 is 1.19 bits per heavy atom. The van der Waals surface area contributed by atoms with Crippen molar-refractivity contribution in [3.63, 3.8) is 0 Å². The maximum absolute atomic E-state index is 12.1. The molecule has 2 saturated carbocycles. The molecular weight excluding hydrogens is 336 g/mol. The third-order valence-corrected chi connectivity index (χ3v) is 4.75. The van der Waals surface area contributed by atoms with Crippen LogP contribution in [-0.4, -0.2) is 18.9 Å². The van der Waals surface area contributed by atoms with Crippen molar-refractivity contribution in [1.29, 1.82) is 0 Å². The van der Waals surface area contributed by atoms with Crippen molar-refractivity contribution in [2.24, 2.45) is 11.8 Å². The van der Waals surface area contributed by atoms with Crippen LogP contribution >= 0.6 is 0 Å². The van der Waals surface area contributed by atoms with Gasteiger partial charge in [0, 0.05) is 11.8 Å². The van der Waals surface area contributed by atoms with E-state index in [-0.39, 0.29) is 16.9 Å². The molecule has 0 atom stereocenters. The molecule has 2 rings (SSSR count). The molecule has 0 aromatic heterocycles. The zero-order valence-electron chi connectivity index (χ0n) is 16.0. The molecular formula is C24H24O3. The van der Waals surface area contributed by atoms with Crippen molar-refractivity contribution >= 4 is 11.8 Å². The van der Waals surface area contributed by atoms with E-state index in [2.05, 4.69) is 47.4 Å². The number of esters is 1. The van der Waals surface area contributed by atoms with Crippen LogP contribution in [0, 0.1) is 59.2 Å². The van der Waals surface area contributed by atoms with E-state index in [1.165, 1.54) is 39.7 Å². The molecule has 0 aliphatic heterocycles. The molecule has 0 saturated heterocycles. The first kappa shape index (κ1) is 20.4. The first-order valence-corrected chi connectivity index (χ1v) is 9.48. The maximum Gasteiger partial charge on any atom is 0.347 e. The quantitative estimate of drug-likeness (QED) is 0.430. The zero-order valence-corrected chi connectivity index (χ0v) is 16.0. The molecule has 0 N–H and O–H groups in total. The van der Waals surface area contributed by atoms with Crippen LogP contribution in [0.1, 0.15) is 58.3 Å². The second kappa shape index (κ2) is 11.0. The first-order chi connectivity index (χ1) is 13.1. The Hall–Kier alpha value is -2.88. The Morgan fingerprint density at radius 3 is 1.59 bits per heavy atom. The molecule has 3 nitrogen and oxygen atoms in total. The number of Topliss-reactive ketones (excluding diaryl/α,β-unsaturated/α-hetero) is 1. The topological polar surface area (TPSA) is 43.4 Å². The number of ketones is 1. The highest BCUT2D eigenvalue weighted by Crippen LogP contribution is 2.24. The van der Waals surface area contributed by atoms with Crippen molar-refractivity contribution in [1.82, 2.24) is 0 Å². The predicted octanol–water partition coefficient (Wildman–Crippen LogP) is 3.44.